The summed E-state index contributed by atoms with van der Waals surface area (Å²) in [6, 6.07) is 10.9. The van der Waals surface area contributed by atoms with Crippen molar-refractivity contribution >= 4 is 41.3 Å². The first kappa shape index (κ1) is 22.1. The first-order valence-electron chi connectivity index (χ1n) is 9.65. The molecule has 0 radical (unpaired) electrons. The molecular formula is C21H31IN4S. The number of rotatable bonds is 5. The number of aryl methyl sites for hydroxylation is 1. The van der Waals surface area contributed by atoms with Gasteiger partial charge in [0.05, 0.1) is 5.01 Å². The van der Waals surface area contributed by atoms with Crippen LogP contribution in [0.3, 0.4) is 0 Å². The Labute approximate surface area is 184 Å². The summed E-state index contributed by atoms with van der Waals surface area (Å²) in [6.45, 7) is 7.53. The zero-order valence-electron chi connectivity index (χ0n) is 16.5. The molecule has 3 rings (SSSR count). The zero-order chi connectivity index (χ0) is 18.4. The molecule has 1 fully saturated rings. The maximum absolute atomic E-state index is 4.51. The van der Waals surface area contributed by atoms with Crippen LogP contribution in [0.25, 0.3) is 0 Å². The molecule has 2 unspecified atom stereocenters. The van der Waals surface area contributed by atoms with Gasteiger partial charge in [0.2, 0.25) is 0 Å². The van der Waals surface area contributed by atoms with Crippen molar-refractivity contribution in [3.05, 3.63) is 52.0 Å². The van der Waals surface area contributed by atoms with Crippen molar-refractivity contribution < 1.29 is 0 Å². The van der Waals surface area contributed by atoms with Gasteiger partial charge in [0.15, 0.2) is 5.96 Å². The lowest BCUT2D eigenvalue weighted by Crippen LogP contribution is -2.48. The monoisotopic (exact) mass is 498 g/mol. The Hall–Kier alpha value is -1.15. The number of nitrogens with one attached hydrogen (secondary N) is 1. The van der Waals surface area contributed by atoms with E-state index in [9.17, 15) is 0 Å². The van der Waals surface area contributed by atoms with E-state index >= 15 is 0 Å². The number of nitrogens with zero attached hydrogens (tertiary/aromatic N) is 3. The molecule has 1 aromatic heterocycles. The molecule has 0 aliphatic carbocycles. The number of hydrogen-bond donors (Lipinski definition) is 1. The number of hydrogen-bond acceptors (Lipinski definition) is 3. The molecule has 0 spiro atoms. The Balaban J connectivity index is 0.00000261. The van der Waals surface area contributed by atoms with E-state index in [-0.39, 0.29) is 24.0 Å². The molecule has 1 aliphatic rings. The third kappa shape index (κ3) is 5.91. The van der Waals surface area contributed by atoms with Gasteiger partial charge in [-0.15, -0.1) is 35.3 Å². The summed E-state index contributed by atoms with van der Waals surface area (Å²) in [5.41, 5.74) is 1.47. The van der Waals surface area contributed by atoms with Gasteiger partial charge in [0.25, 0.3) is 0 Å². The molecule has 1 saturated heterocycles. The van der Waals surface area contributed by atoms with Crippen LogP contribution in [0.15, 0.2) is 41.5 Å². The summed E-state index contributed by atoms with van der Waals surface area (Å²) < 4.78 is 0. The van der Waals surface area contributed by atoms with Gasteiger partial charge in [-0.05, 0) is 30.2 Å². The van der Waals surface area contributed by atoms with E-state index in [1.165, 1.54) is 21.9 Å². The molecule has 1 N–H and O–H groups in total. The standard InChI is InChI=1S/C21H30N4S.HI/c1-4-18-14-24-20(26-18)10-12-23-21(22-3)25-13-11-19(16(2)15-25)17-8-6-5-7-9-17;/h5-9,14,16,19H,4,10-13,15H2,1-3H3,(H,22,23);1H. The molecule has 1 aliphatic heterocycles. The molecular weight excluding hydrogens is 467 g/mol. The Morgan fingerprint density at radius 3 is 2.74 bits per heavy atom. The molecule has 6 heteroatoms. The van der Waals surface area contributed by atoms with E-state index < -0.39 is 0 Å². The van der Waals surface area contributed by atoms with Gasteiger partial charge in [-0.25, -0.2) is 4.98 Å². The van der Waals surface area contributed by atoms with Gasteiger partial charge >= 0.3 is 0 Å². The number of benzene rings is 1. The SMILES string of the molecule is CCc1cnc(CCNC(=NC)N2CCC(c3ccccc3)C(C)C2)s1.I. The highest BCUT2D eigenvalue weighted by Gasteiger charge is 2.28. The zero-order valence-corrected chi connectivity index (χ0v) is 19.7. The number of aliphatic imine (C=N–C) groups is 1. The van der Waals surface area contributed by atoms with Crippen molar-refractivity contribution in [2.75, 3.05) is 26.7 Å². The number of likely N-dealkylation sites (tertiary alicyclic amines) is 1. The Morgan fingerprint density at radius 1 is 1.33 bits per heavy atom. The lowest BCUT2D eigenvalue weighted by Gasteiger charge is -2.38. The van der Waals surface area contributed by atoms with E-state index in [4.69, 9.17) is 0 Å². The van der Waals surface area contributed by atoms with Crippen LogP contribution in [0.1, 0.15) is 41.6 Å². The highest BCUT2D eigenvalue weighted by Crippen LogP contribution is 2.32. The van der Waals surface area contributed by atoms with Gasteiger partial charge in [0, 0.05) is 44.2 Å². The molecule has 2 aromatic rings. The summed E-state index contributed by atoms with van der Waals surface area (Å²) in [6.07, 6.45) is 5.21. The van der Waals surface area contributed by atoms with E-state index in [1.54, 1.807) is 0 Å². The first-order chi connectivity index (χ1) is 12.7. The average Bonchev–Trinajstić information content (AvgIpc) is 3.14. The third-order valence-electron chi connectivity index (χ3n) is 5.22. The van der Waals surface area contributed by atoms with Crippen LogP contribution in [0.5, 0.6) is 0 Å². The van der Waals surface area contributed by atoms with Crippen LogP contribution < -0.4 is 5.32 Å². The highest BCUT2D eigenvalue weighted by molar-refractivity contribution is 14.0. The van der Waals surface area contributed by atoms with Crippen LogP contribution in [0.4, 0.5) is 0 Å². The summed E-state index contributed by atoms with van der Waals surface area (Å²) in [5.74, 6) is 2.29. The number of thiazole rings is 1. The second-order valence-corrected chi connectivity index (χ2v) is 8.23. The van der Waals surface area contributed by atoms with Crippen molar-refractivity contribution in [3.63, 3.8) is 0 Å². The summed E-state index contributed by atoms with van der Waals surface area (Å²) in [7, 11) is 1.88. The topological polar surface area (TPSA) is 40.5 Å². The van der Waals surface area contributed by atoms with Crippen LogP contribution in [0.2, 0.25) is 0 Å². The lowest BCUT2D eigenvalue weighted by molar-refractivity contribution is 0.234. The molecule has 2 heterocycles. The van der Waals surface area contributed by atoms with E-state index in [1.807, 2.05) is 24.6 Å². The molecule has 0 bridgehead atoms. The van der Waals surface area contributed by atoms with Gasteiger partial charge in [-0.3, -0.25) is 4.99 Å². The predicted octanol–water partition coefficient (Wildman–Crippen LogP) is 4.57. The van der Waals surface area contributed by atoms with Crippen LogP contribution in [-0.2, 0) is 12.8 Å². The minimum Gasteiger partial charge on any atom is -0.356 e. The number of piperidine rings is 1. The van der Waals surface area contributed by atoms with Crippen LogP contribution in [-0.4, -0.2) is 42.5 Å². The maximum atomic E-state index is 4.51. The largest absolute Gasteiger partial charge is 0.356 e. The van der Waals surface area contributed by atoms with Crippen molar-refractivity contribution in [2.24, 2.45) is 10.9 Å². The van der Waals surface area contributed by atoms with Gasteiger partial charge in [-0.1, -0.05) is 44.2 Å². The molecule has 0 amide bonds. The second-order valence-electron chi connectivity index (χ2n) is 7.03. The molecule has 2 atom stereocenters. The van der Waals surface area contributed by atoms with Gasteiger partial charge in [-0.2, -0.15) is 0 Å². The summed E-state index contributed by atoms with van der Waals surface area (Å²) >= 11 is 1.82. The normalized spacial score (nSPS) is 20.3. The molecule has 148 valence electrons. The fourth-order valence-corrected chi connectivity index (χ4v) is 4.64. The van der Waals surface area contributed by atoms with Gasteiger partial charge < -0.3 is 10.2 Å². The van der Waals surface area contributed by atoms with Crippen LogP contribution >= 0.6 is 35.3 Å². The fraction of sp³-hybridized carbons (Fsp3) is 0.524. The minimum atomic E-state index is 0. The Bertz CT molecular complexity index is 716. The average molecular weight is 498 g/mol. The minimum absolute atomic E-state index is 0. The van der Waals surface area contributed by atoms with E-state index in [2.05, 4.69) is 64.4 Å². The van der Waals surface area contributed by atoms with Crippen molar-refractivity contribution in [2.45, 2.75) is 39.0 Å². The van der Waals surface area contributed by atoms with Gasteiger partial charge in [0.1, 0.15) is 0 Å². The first-order valence-corrected chi connectivity index (χ1v) is 10.5. The second kappa shape index (κ2) is 11.0. The third-order valence-corrected chi connectivity index (χ3v) is 6.42. The molecule has 27 heavy (non-hydrogen) atoms. The van der Waals surface area contributed by atoms with E-state index in [0.29, 0.717) is 11.8 Å². The highest BCUT2D eigenvalue weighted by atomic mass is 127. The van der Waals surface area contributed by atoms with Crippen molar-refractivity contribution in [3.8, 4) is 0 Å². The lowest BCUT2D eigenvalue weighted by atomic mass is 9.82. The quantitative estimate of drug-likeness (QED) is 0.373. The Kier molecular flexibility index (Phi) is 9.02. The van der Waals surface area contributed by atoms with Crippen LogP contribution in [0, 0.1) is 5.92 Å². The fourth-order valence-electron chi connectivity index (χ4n) is 3.77. The summed E-state index contributed by atoms with van der Waals surface area (Å²) in [5, 5.41) is 4.74. The van der Waals surface area contributed by atoms with E-state index in [0.717, 1.165) is 38.4 Å². The predicted molar refractivity (Wildman–Crippen MR) is 127 cm³/mol. The molecule has 4 nitrogen and oxygen atoms in total. The number of guanidine groups is 1. The maximum Gasteiger partial charge on any atom is 0.193 e. The number of halogens is 1. The Morgan fingerprint density at radius 2 is 2.11 bits per heavy atom. The van der Waals surface area contributed by atoms with Crippen molar-refractivity contribution in [1.82, 2.24) is 15.2 Å². The van der Waals surface area contributed by atoms with Crippen molar-refractivity contribution in [1.29, 1.82) is 0 Å². The molecule has 1 aromatic carbocycles. The number of aromatic nitrogens is 1. The summed E-state index contributed by atoms with van der Waals surface area (Å²) in [4.78, 5) is 12.8. The molecule has 0 saturated carbocycles. The smallest absolute Gasteiger partial charge is 0.193 e.